The molecule has 2 atom stereocenters. The number of carbonyl (C=O) groups is 1. The first-order chi connectivity index (χ1) is 15.8. The highest BCUT2D eigenvalue weighted by atomic mass is 35.5. The summed E-state index contributed by atoms with van der Waals surface area (Å²) in [4.78, 5) is 19.6. The van der Waals surface area contributed by atoms with Crippen molar-refractivity contribution in [3.05, 3.63) is 45.6 Å². The van der Waals surface area contributed by atoms with E-state index in [-0.39, 0.29) is 18.0 Å². The van der Waals surface area contributed by atoms with Crippen LogP contribution in [0.5, 0.6) is 0 Å². The Morgan fingerprint density at radius 3 is 2.82 bits per heavy atom. The van der Waals surface area contributed by atoms with Crippen molar-refractivity contribution in [2.24, 2.45) is 0 Å². The van der Waals surface area contributed by atoms with E-state index in [1.807, 2.05) is 0 Å². The average Bonchev–Trinajstić information content (AvgIpc) is 3.32. The van der Waals surface area contributed by atoms with Crippen LogP contribution in [0.2, 0.25) is 5.02 Å². The SMILES string of the molecule is O=C(Nc1ccc(F)c(Cl)c1)C1CC(c2nccs2)NS(=O)(=O)N1CCCN1CCOCC1. The molecule has 0 radical (unpaired) electrons. The van der Waals surface area contributed by atoms with Gasteiger partial charge in [-0.3, -0.25) is 9.69 Å². The number of rotatable bonds is 7. The second-order valence-electron chi connectivity index (χ2n) is 7.83. The van der Waals surface area contributed by atoms with Gasteiger partial charge in [-0.2, -0.15) is 17.4 Å². The molecule has 2 aromatic rings. The lowest BCUT2D eigenvalue weighted by Crippen LogP contribution is -2.58. The van der Waals surface area contributed by atoms with E-state index in [2.05, 4.69) is 19.9 Å². The Labute approximate surface area is 201 Å². The summed E-state index contributed by atoms with van der Waals surface area (Å²) in [5, 5.41) is 4.90. The fourth-order valence-corrected chi connectivity index (χ4v) is 6.50. The van der Waals surface area contributed by atoms with Gasteiger partial charge in [0.05, 0.1) is 24.3 Å². The van der Waals surface area contributed by atoms with Crippen LogP contribution in [0.25, 0.3) is 0 Å². The van der Waals surface area contributed by atoms with Gasteiger partial charge in [0.2, 0.25) is 5.91 Å². The molecule has 33 heavy (non-hydrogen) atoms. The third kappa shape index (κ3) is 6.07. The minimum Gasteiger partial charge on any atom is -0.379 e. The first-order valence-electron chi connectivity index (χ1n) is 10.6. The monoisotopic (exact) mass is 517 g/mol. The molecule has 13 heteroatoms. The molecular weight excluding hydrogens is 493 g/mol. The predicted octanol–water partition coefficient (Wildman–Crippen LogP) is 2.25. The maximum absolute atomic E-state index is 13.5. The molecule has 1 amide bonds. The molecule has 0 spiro atoms. The Bertz CT molecular complexity index is 1070. The number of hydrogen-bond acceptors (Lipinski definition) is 7. The minimum atomic E-state index is -3.94. The number of nitrogens with zero attached hydrogens (tertiary/aromatic N) is 3. The van der Waals surface area contributed by atoms with Gasteiger partial charge >= 0.3 is 0 Å². The van der Waals surface area contributed by atoms with Crippen molar-refractivity contribution in [2.75, 3.05) is 44.7 Å². The lowest BCUT2D eigenvalue weighted by Gasteiger charge is -2.38. The van der Waals surface area contributed by atoms with E-state index in [0.717, 1.165) is 19.2 Å². The fraction of sp³-hybridized carbons (Fsp3) is 0.500. The zero-order valence-corrected chi connectivity index (χ0v) is 20.1. The summed E-state index contributed by atoms with van der Waals surface area (Å²) in [6.07, 6.45) is 2.37. The van der Waals surface area contributed by atoms with Crippen LogP contribution in [0.3, 0.4) is 0 Å². The number of carbonyl (C=O) groups excluding carboxylic acids is 1. The molecule has 180 valence electrons. The van der Waals surface area contributed by atoms with Crippen molar-refractivity contribution in [1.29, 1.82) is 0 Å². The summed E-state index contributed by atoms with van der Waals surface area (Å²) >= 11 is 7.15. The molecule has 2 aliphatic rings. The molecule has 9 nitrogen and oxygen atoms in total. The summed E-state index contributed by atoms with van der Waals surface area (Å²) in [7, 11) is -3.94. The number of thiazole rings is 1. The van der Waals surface area contributed by atoms with Gasteiger partial charge in [0.1, 0.15) is 16.9 Å². The number of benzene rings is 1. The van der Waals surface area contributed by atoms with Crippen molar-refractivity contribution < 1.29 is 22.3 Å². The average molecular weight is 518 g/mol. The Kier molecular flexibility index (Phi) is 7.95. The third-order valence-electron chi connectivity index (χ3n) is 5.60. The number of hydrogen-bond donors (Lipinski definition) is 2. The molecule has 1 aromatic heterocycles. The lowest BCUT2D eigenvalue weighted by atomic mass is 10.1. The molecule has 0 saturated carbocycles. The zero-order chi connectivity index (χ0) is 23.4. The van der Waals surface area contributed by atoms with Gasteiger partial charge < -0.3 is 10.1 Å². The van der Waals surface area contributed by atoms with Crippen LogP contribution < -0.4 is 10.0 Å². The smallest absolute Gasteiger partial charge is 0.280 e. The second kappa shape index (κ2) is 10.7. The van der Waals surface area contributed by atoms with E-state index >= 15 is 0 Å². The first-order valence-corrected chi connectivity index (χ1v) is 13.3. The number of aromatic nitrogens is 1. The lowest BCUT2D eigenvalue weighted by molar-refractivity contribution is -0.120. The number of nitrogens with one attached hydrogen (secondary N) is 2. The summed E-state index contributed by atoms with van der Waals surface area (Å²) in [6.45, 7) is 3.79. The van der Waals surface area contributed by atoms with Crippen LogP contribution >= 0.6 is 22.9 Å². The van der Waals surface area contributed by atoms with Crippen molar-refractivity contribution >= 4 is 44.7 Å². The number of ether oxygens (including phenoxy) is 1. The summed E-state index contributed by atoms with van der Waals surface area (Å²) in [5.74, 6) is -1.11. The van der Waals surface area contributed by atoms with E-state index in [4.69, 9.17) is 16.3 Å². The molecule has 2 unspecified atom stereocenters. The Balaban J connectivity index is 1.51. The van der Waals surface area contributed by atoms with Gasteiger partial charge in [-0.1, -0.05) is 11.6 Å². The number of morpholine rings is 1. The molecule has 0 bridgehead atoms. The molecule has 2 fully saturated rings. The highest BCUT2D eigenvalue weighted by molar-refractivity contribution is 7.87. The van der Waals surface area contributed by atoms with Gasteiger partial charge in [-0.15, -0.1) is 11.3 Å². The Morgan fingerprint density at radius 2 is 2.12 bits per heavy atom. The maximum Gasteiger partial charge on any atom is 0.280 e. The zero-order valence-electron chi connectivity index (χ0n) is 17.7. The van der Waals surface area contributed by atoms with Gasteiger partial charge in [0.15, 0.2) is 0 Å². The van der Waals surface area contributed by atoms with Gasteiger partial charge in [-0.05, 0) is 37.6 Å². The highest BCUT2D eigenvalue weighted by Gasteiger charge is 2.43. The van der Waals surface area contributed by atoms with Crippen molar-refractivity contribution in [3.63, 3.8) is 0 Å². The summed E-state index contributed by atoms with van der Waals surface area (Å²) in [6, 6.07) is 2.26. The third-order valence-corrected chi connectivity index (χ3v) is 8.42. The van der Waals surface area contributed by atoms with Crippen LogP contribution in [0, 0.1) is 5.82 Å². The number of anilines is 1. The molecule has 0 aliphatic carbocycles. The normalized spacial score (nSPS) is 23.9. The van der Waals surface area contributed by atoms with Crippen LogP contribution in [0.15, 0.2) is 29.8 Å². The van der Waals surface area contributed by atoms with Crippen LogP contribution in [-0.4, -0.2) is 73.9 Å². The predicted molar refractivity (Wildman–Crippen MR) is 124 cm³/mol. The van der Waals surface area contributed by atoms with Crippen molar-refractivity contribution in [1.82, 2.24) is 18.9 Å². The largest absolute Gasteiger partial charge is 0.379 e. The van der Waals surface area contributed by atoms with Gasteiger partial charge in [0, 0.05) is 36.9 Å². The van der Waals surface area contributed by atoms with E-state index < -0.39 is 34.0 Å². The number of halogens is 2. The van der Waals surface area contributed by atoms with Crippen LogP contribution in [0.4, 0.5) is 10.1 Å². The van der Waals surface area contributed by atoms with E-state index in [9.17, 15) is 17.6 Å². The number of amides is 1. The van der Waals surface area contributed by atoms with Crippen molar-refractivity contribution in [2.45, 2.75) is 24.9 Å². The molecule has 4 rings (SSSR count). The fourth-order valence-electron chi connectivity index (χ4n) is 3.95. The summed E-state index contributed by atoms with van der Waals surface area (Å²) in [5.41, 5.74) is 0.293. The standard InChI is InChI=1S/C20H25ClFN5O4S2/c21-15-12-14(2-3-16(15)22)24-19(28)18-13-17(20-23-4-11-32-20)25-33(29,30)27(18)6-1-5-26-7-9-31-10-8-26/h2-4,11-12,17-18,25H,1,5-10,13H2,(H,24,28). The van der Waals surface area contributed by atoms with E-state index in [1.54, 1.807) is 11.6 Å². The van der Waals surface area contributed by atoms with E-state index in [1.165, 1.54) is 27.8 Å². The highest BCUT2D eigenvalue weighted by Crippen LogP contribution is 2.31. The molecular formula is C20H25ClFN5O4S2. The molecule has 1 aromatic carbocycles. The van der Waals surface area contributed by atoms with Crippen LogP contribution in [-0.2, 0) is 19.7 Å². The van der Waals surface area contributed by atoms with Gasteiger partial charge in [0.25, 0.3) is 10.2 Å². The second-order valence-corrected chi connectivity index (χ2v) is 10.8. The minimum absolute atomic E-state index is 0.131. The van der Waals surface area contributed by atoms with Crippen LogP contribution in [0.1, 0.15) is 23.9 Å². The Morgan fingerprint density at radius 1 is 1.33 bits per heavy atom. The summed E-state index contributed by atoms with van der Waals surface area (Å²) < 4.78 is 49.0. The Hall–Kier alpha value is -1.67. The maximum atomic E-state index is 13.5. The van der Waals surface area contributed by atoms with E-state index in [0.29, 0.717) is 36.9 Å². The van der Waals surface area contributed by atoms with Gasteiger partial charge in [-0.25, -0.2) is 9.37 Å². The molecule has 2 N–H and O–H groups in total. The molecule has 2 saturated heterocycles. The first kappa shape index (κ1) is 24.5. The van der Waals surface area contributed by atoms with Crippen molar-refractivity contribution in [3.8, 4) is 0 Å². The molecule has 2 aliphatic heterocycles. The topological polar surface area (TPSA) is 104 Å². The molecule has 3 heterocycles. The quantitative estimate of drug-likeness (QED) is 0.584.